The van der Waals surface area contributed by atoms with E-state index >= 15 is 0 Å². The molecule has 0 saturated heterocycles. The molecular weight excluding hydrogens is 248 g/mol. The molecule has 6 nitrogen and oxygen atoms in total. The zero-order valence-electron chi connectivity index (χ0n) is 10.7. The van der Waals surface area contributed by atoms with Crippen molar-refractivity contribution in [3.63, 3.8) is 0 Å². The smallest absolute Gasteiger partial charge is 0.270 e. The van der Waals surface area contributed by atoms with E-state index < -0.39 is 4.92 Å². The van der Waals surface area contributed by atoms with Gasteiger partial charge in [-0.25, -0.2) is 0 Å². The van der Waals surface area contributed by atoms with Gasteiger partial charge in [-0.05, 0) is 18.6 Å². The minimum Gasteiger partial charge on any atom is -0.395 e. The first-order valence-electron chi connectivity index (χ1n) is 5.76. The molecule has 1 aromatic carbocycles. The Morgan fingerprint density at radius 3 is 2.74 bits per heavy atom. The third-order valence-electron chi connectivity index (χ3n) is 2.53. The Hall–Kier alpha value is -2.21. The van der Waals surface area contributed by atoms with Crippen LogP contribution in [0.25, 0.3) is 0 Å². The van der Waals surface area contributed by atoms with Gasteiger partial charge in [0.15, 0.2) is 0 Å². The number of nitro groups is 1. The standard InChI is InChI=1S/C13H16N2O4/c1-3-4-14(5-6-16)13(17)11-7-10(2)8-12(9-11)15(18)19/h3,7-9,16H,1,4-6H2,2H3. The van der Waals surface area contributed by atoms with Crippen LogP contribution in [-0.2, 0) is 0 Å². The zero-order chi connectivity index (χ0) is 14.4. The van der Waals surface area contributed by atoms with Crippen molar-refractivity contribution in [2.24, 2.45) is 0 Å². The van der Waals surface area contributed by atoms with Gasteiger partial charge < -0.3 is 10.0 Å². The van der Waals surface area contributed by atoms with E-state index in [9.17, 15) is 14.9 Å². The van der Waals surface area contributed by atoms with Crippen LogP contribution in [0, 0.1) is 17.0 Å². The van der Waals surface area contributed by atoms with Gasteiger partial charge in [-0.15, -0.1) is 6.58 Å². The van der Waals surface area contributed by atoms with Crippen LogP contribution in [0.3, 0.4) is 0 Å². The minimum atomic E-state index is -0.534. The number of nitro benzene ring substituents is 1. The fourth-order valence-electron chi connectivity index (χ4n) is 1.73. The van der Waals surface area contributed by atoms with Gasteiger partial charge in [0.1, 0.15) is 0 Å². The van der Waals surface area contributed by atoms with E-state index in [0.717, 1.165) is 0 Å². The van der Waals surface area contributed by atoms with E-state index in [1.165, 1.54) is 23.1 Å². The maximum Gasteiger partial charge on any atom is 0.270 e. The molecule has 1 aromatic rings. The molecule has 1 amide bonds. The highest BCUT2D eigenvalue weighted by Gasteiger charge is 2.17. The Kier molecular flexibility index (Phi) is 5.20. The van der Waals surface area contributed by atoms with Crippen molar-refractivity contribution in [1.82, 2.24) is 4.90 Å². The molecule has 0 radical (unpaired) electrons. The average Bonchev–Trinajstić information content (AvgIpc) is 2.37. The van der Waals surface area contributed by atoms with Gasteiger partial charge in [-0.1, -0.05) is 6.08 Å². The van der Waals surface area contributed by atoms with Crippen LogP contribution in [0.15, 0.2) is 30.9 Å². The Bertz CT molecular complexity index is 499. The molecule has 1 N–H and O–H groups in total. The first-order valence-corrected chi connectivity index (χ1v) is 5.76. The predicted octanol–water partition coefficient (Wildman–Crippen LogP) is 1.52. The van der Waals surface area contributed by atoms with E-state index in [2.05, 4.69) is 6.58 Å². The summed E-state index contributed by atoms with van der Waals surface area (Å²) in [6.45, 7) is 5.49. The quantitative estimate of drug-likeness (QED) is 0.479. The highest BCUT2D eigenvalue weighted by molar-refractivity contribution is 5.95. The topological polar surface area (TPSA) is 83.7 Å². The molecule has 0 aromatic heterocycles. The van der Waals surface area contributed by atoms with Gasteiger partial charge in [0.25, 0.3) is 11.6 Å². The number of nitrogens with zero attached hydrogens (tertiary/aromatic N) is 2. The van der Waals surface area contributed by atoms with E-state index in [0.29, 0.717) is 5.56 Å². The number of benzene rings is 1. The molecule has 19 heavy (non-hydrogen) atoms. The van der Waals surface area contributed by atoms with Crippen molar-refractivity contribution in [1.29, 1.82) is 0 Å². The summed E-state index contributed by atoms with van der Waals surface area (Å²) in [5.41, 5.74) is 0.757. The Balaban J connectivity index is 3.09. The second kappa shape index (κ2) is 6.65. The van der Waals surface area contributed by atoms with Crippen LogP contribution in [0.5, 0.6) is 0 Å². The highest BCUT2D eigenvalue weighted by Crippen LogP contribution is 2.18. The predicted molar refractivity (Wildman–Crippen MR) is 71.0 cm³/mol. The lowest BCUT2D eigenvalue weighted by molar-refractivity contribution is -0.384. The number of aliphatic hydroxyl groups is 1. The Morgan fingerprint density at radius 1 is 1.53 bits per heavy atom. The first-order chi connectivity index (χ1) is 8.99. The molecule has 0 atom stereocenters. The number of hydrogen-bond donors (Lipinski definition) is 1. The van der Waals surface area contributed by atoms with Crippen LogP contribution >= 0.6 is 0 Å². The molecule has 0 unspecified atom stereocenters. The van der Waals surface area contributed by atoms with E-state index in [4.69, 9.17) is 5.11 Å². The molecule has 0 fully saturated rings. The monoisotopic (exact) mass is 264 g/mol. The first kappa shape index (κ1) is 14.8. The third-order valence-corrected chi connectivity index (χ3v) is 2.53. The van der Waals surface area contributed by atoms with Gasteiger partial charge in [0, 0.05) is 30.8 Å². The lowest BCUT2D eigenvalue weighted by Gasteiger charge is -2.20. The second-order valence-electron chi connectivity index (χ2n) is 4.08. The molecule has 102 valence electrons. The van der Waals surface area contributed by atoms with Gasteiger partial charge in [0.05, 0.1) is 11.5 Å². The fraction of sp³-hybridized carbons (Fsp3) is 0.308. The molecule has 0 aliphatic carbocycles. The van der Waals surface area contributed by atoms with Crippen molar-refractivity contribution >= 4 is 11.6 Å². The molecule has 0 aliphatic rings. The molecule has 0 saturated carbocycles. The van der Waals surface area contributed by atoms with Crippen molar-refractivity contribution < 1.29 is 14.8 Å². The lowest BCUT2D eigenvalue weighted by Crippen LogP contribution is -2.33. The number of carbonyl (C=O) groups excluding carboxylic acids is 1. The fourth-order valence-corrected chi connectivity index (χ4v) is 1.73. The van der Waals surface area contributed by atoms with Gasteiger partial charge in [-0.3, -0.25) is 14.9 Å². The highest BCUT2D eigenvalue weighted by atomic mass is 16.6. The summed E-state index contributed by atoms with van der Waals surface area (Å²) in [5, 5.41) is 19.7. The maximum atomic E-state index is 12.2. The number of hydrogen-bond acceptors (Lipinski definition) is 4. The van der Waals surface area contributed by atoms with Crippen LogP contribution in [0.2, 0.25) is 0 Å². The number of aliphatic hydroxyl groups excluding tert-OH is 1. The van der Waals surface area contributed by atoms with Crippen LogP contribution < -0.4 is 0 Å². The van der Waals surface area contributed by atoms with E-state index in [1.54, 1.807) is 13.0 Å². The van der Waals surface area contributed by atoms with Gasteiger partial charge in [0.2, 0.25) is 0 Å². The number of carbonyl (C=O) groups is 1. The maximum absolute atomic E-state index is 12.2. The van der Waals surface area contributed by atoms with Crippen molar-refractivity contribution in [3.8, 4) is 0 Å². The lowest BCUT2D eigenvalue weighted by atomic mass is 10.1. The number of amides is 1. The normalized spacial score (nSPS) is 10.0. The number of aryl methyl sites for hydroxylation is 1. The summed E-state index contributed by atoms with van der Waals surface area (Å²) in [7, 11) is 0. The summed E-state index contributed by atoms with van der Waals surface area (Å²) in [6.07, 6.45) is 1.54. The minimum absolute atomic E-state index is 0.120. The van der Waals surface area contributed by atoms with Crippen LogP contribution in [-0.4, -0.2) is 40.5 Å². The second-order valence-corrected chi connectivity index (χ2v) is 4.08. The summed E-state index contributed by atoms with van der Waals surface area (Å²) >= 11 is 0. The van der Waals surface area contributed by atoms with Crippen LogP contribution in [0.1, 0.15) is 15.9 Å². The zero-order valence-corrected chi connectivity index (χ0v) is 10.7. The summed E-state index contributed by atoms with van der Waals surface area (Å²) in [4.78, 5) is 23.8. The summed E-state index contributed by atoms with van der Waals surface area (Å²) < 4.78 is 0. The number of rotatable bonds is 6. The van der Waals surface area contributed by atoms with E-state index in [1.807, 2.05) is 0 Å². The molecule has 0 bridgehead atoms. The largest absolute Gasteiger partial charge is 0.395 e. The SMILES string of the molecule is C=CCN(CCO)C(=O)c1cc(C)cc([N+](=O)[O-])c1. The molecule has 6 heteroatoms. The Morgan fingerprint density at radius 2 is 2.21 bits per heavy atom. The van der Waals surface area contributed by atoms with Crippen LogP contribution in [0.4, 0.5) is 5.69 Å². The Labute approximate surface area is 111 Å². The summed E-state index contributed by atoms with van der Waals surface area (Å²) in [5.74, 6) is -0.360. The average molecular weight is 264 g/mol. The van der Waals surface area contributed by atoms with Crippen molar-refractivity contribution in [2.75, 3.05) is 19.7 Å². The molecule has 0 spiro atoms. The molecule has 0 aliphatic heterocycles. The number of non-ortho nitro benzene ring substituents is 1. The summed E-state index contributed by atoms with van der Waals surface area (Å²) in [6, 6.07) is 4.23. The van der Waals surface area contributed by atoms with Crippen molar-refractivity contribution in [2.45, 2.75) is 6.92 Å². The molecule has 0 heterocycles. The third kappa shape index (κ3) is 3.89. The van der Waals surface area contributed by atoms with E-state index in [-0.39, 0.29) is 36.9 Å². The molecule has 1 rings (SSSR count). The molecular formula is C13H16N2O4. The van der Waals surface area contributed by atoms with Gasteiger partial charge in [-0.2, -0.15) is 0 Å². The van der Waals surface area contributed by atoms with Gasteiger partial charge >= 0.3 is 0 Å². The van der Waals surface area contributed by atoms with Crippen molar-refractivity contribution in [3.05, 3.63) is 52.1 Å².